The molecule has 2 aromatic heterocycles. The van der Waals surface area contributed by atoms with E-state index < -0.39 is 0 Å². The Bertz CT molecular complexity index is 792. The lowest BCUT2D eigenvalue weighted by Crippen LogP contribution is -1.97. The first-order valence-electron chi connectivity index (χ1n) is 6.66. The Morgan fingerprint density at radius 3 is 2.95 bits per heavy atom. The van der Waals surface area contributed by atoms with Crippen LogP contribution < -0.4 is 5.73 Å². The second-order valence-corrected chi connectivity index (χ2v) is 6.55. The van der Waals surface area contributed by atoms with Gasteiger partial charge < -0.3 is 10.7 Å². The second kappa shape index (κ2) is 5.73. The molecule has 3 N–H and O–H groups in total. The van der Waals surface area contributed by atoms with Gasteiger partial charge >= 0.3 is 0 Å². The third-order valence-electron chi connectivity index (χ3n) is 3.33. The zero-order valence-electron chi connectivity index (χ0n) is 11.9. The molecule has 2 heterocycles. The van der Waals surface area contributed by atoms with E-state index in [1.807, 2.05) is 29.9 Å². The van der Waals surface area contributed by atoms with E-state index in [1.54, 1.807) is 11.8 Å². The van der Waals surface area contributed by atoms with Gasteiger partial charge in [0.2, 0.25) is 0 Å². The summed E-state index contributed by atoms with van der Waals surface area (Å²) in [4.78, 5) is 7.86. The third-order valence-corrected chi connectivity index (χ3v) is 5.13. The molecular formula is C14H16BrN5S. The molecule has 0 unspecified atom stereocenters. The molecule has 3 aromatic rings. The van der Waals surface area contributed by atoms with Crippen molar-refractivity contribution in [3.05, 3.63) is 34.1 Å². The molecule has 0 amide bonds. The van der Waals surface area contributed by atoms with E-state index in [9.17, 15) is 0 Å². The molecule has 5 nitrogen and oxygen atoms in total. The zero-order chi connectivity index (χ0) is 15.0. The number of nitrogen functional groups attached to an aromatic ring is 1. The molecule has 0 spiro atoms. The number of thioether (sulfide) groups is 1. The van der Waals surface area contributed by atoms with Gasteiger partial charge in [0.25, 0.3) is 0 Å². The summed E-state index contributed by atoms with van der Waals surface area (Å²) in [7, 11) is 1.97. The molecule has 21 heavy (non-hydrogen) atoms. The number of H-pyrrole nitrogens is 1. The van der Waals surface area contributed by atoms with Crippen LogP contribution in [0.2, 0.25) is 0 Å². The maximum absolute atomic E-state index is 5.78. The number of nitrogens with one attached hydrogen (secondary N) is 1. The van der Waals surface area contributed by atoms with Gasteiger partial charge in [-0.2, -0.15) is 5.10 Å². The van der Waals surface area contributed by atoms with Crippen molar-refractivity contribution in [2.75, 3.05) is 5.73 Å². The number of hydrogen-bond acceptors (Lipinski definition) is 4. The average molecular weight is 366 g/mol. The van der Waals surface area contributed by atoms with E-state index in [-0.39, 0.29) is 0 Å². The van der Waals surface area contributed by atoms with Crippen LogP contribution in [0.25, 0.3) is 11.0 Å². The number of hydrogen-bond donors (Lipinski definition) is 2. The van der Waals surface area contributed by atoms with Crippen LogP contribution in [0.1, 0.15) is 18.3 Å². The molecule has 0 radical (unpaired) electrons. The standard InChI is InChI=1S/C14H16BrN5S/c1-3-9-13(15)12(20(2)19-9)7-21-14-17-10-5-4-8(16)6-11(10)18-14/h4-6H,3,7,16H2,1-2H3,(H,17,18). The van der Waals surface area contributed by atoms with Crippen molar-refractivity contribution in [2.45, 2.75) is 24.3 Å². The van der Waals surface area contributed by atoms with Gasteiger partial charge in [0.15, 0.2) is 5.16 Å². The molecule has 0 aliphatic heterocycles. The molecule has 1 aromatic carbocycles. The number of aromatic nitrogens is 4. The summed E-state index contributed by atoms with van der Waals surface area (Å²) in [5, 5.41) is 5.40. The van der Waals surface area contributed by atoms with E-state index in [1.165, 1.54) is 0 Å². The van der Waals surface area contributed by atoms with Crippen LogP contribution in [-0.2, 0) is 19.2 Å². The van der Waals surface area contributed by atoms with Gasteiger partial charge in [-0.05, 0) is 40.5 Å². The average Bonchev–Trinajstić information content (AvgIpc) is 2.97. The highest BCUT2D eigenvalue weighted by atomic mass is 79.9. The number of imidazole rings is 1. The third kappa shape index (κ3) is 2.80. The molecule has 0 aliphatic rings. The normalized spacial score (nSPS) is 11.4. The molecule has 0 atom stereocenters. The molecule has 0 saturated heterocycles. The smallest absolute Gasteiger partial charge is 0.166 e. The Labute approximate surface area is 135 Å². The Balaban J connectivity index is 1.81. The maximum atomic E-state index is 5.78. The van der Waals surface area contributed by atoms with Crippen LogP contribution in [0.15, 0.2) is 27.8 Å². The summed E-state index contributed by atoms with van der Waals surface area (Å²) < 4.78 is 3.02. The van der Waals surface area contributed by atoms with Gasteiger partial charge in [0.05, 0.1) is 26.9 Å². The van der Waals surface area contributed by atoms with Crippen LogP contribution in [0, 0.1) is 0 Å². The van der Waals surface area contributed by atoms with Crippen molar-refractivity contribution in [3.63, 3.8) is 0 Å². The second-order valence-electron chi connectivity index (χ2n) is 4.79. The molecular weight excluding hydrogens is 350 g/mol. The van der Waals surface area contributed by atoms with E-state index in [4.69, 9.17) is 5.73 Å². The molecule has 0 fully saturated rings. The van der Waals surface area contributed by atoms with E-state index >= 15 is 0 Å². The number of benzene rings is 1. The minimum atomic E-state index is 0.740. The summed E-state index contributed by atoms with van der Waals surface area (Å²) in [5.41, 5.74) is 10.7. The van der Waals surface area contributed by atoms with Gasteiger partial charge in [-0.15, -0.1) is 0 Å². The predicted molar refractivity (Wildman–Crippen MR) is 90.4 cm³/mol. The Morgan fingerprint density at radius 2 is 2.24 bits per heavy atom. The van der Waals surface area contributed by atoms with E-state index in [2.05, 4.69) is 37.9 Å². The number of aryl methyl sites for hydroxylation is 2. The van der Waals surface area contributed by atoms with Crippen molar-refractivity contribution in [3.8, 4) is 0 Å². The van der Waals surface area contributed by atoms with E-state index in [0.29, 0.717) is 0 Å². The fraction of sp³-hybridized carbons (Fsp3) is 0.286. The summed E-state index contributed by atoms with van der Waals surface area (Å²) in [6.45, 7) is 2.10. The summed E-state index contributed by atoms with van der Waals surface area (Å²) in [5.74, 6) is 0.805. The van der Waals surface area contributed by atoms with Gasteiger partial charge in [-0.1, -0.05) is 18.7 Å². The molecule has 3 rings (SSSR count). The molecule has 0 aliphatic carbocycles. The first kappa shape index (κ1) is 14.5. The quantitative estimate of drug-likeness (QED) is 0.548. The highest BCUT2D eigenvalue weighted by Gasteiger charge is 2.13. The number of nitrogens with zero attached hydrogens (tertiary/aromatic N) is 3. The Hall–Kier alpha value is -1.47. The van der Waals surface area contributed by atoms with Crippen molar-refractivity contribution in [1.29, 1.82) is 0 Å². The van der Waals surface area contributed by atoms with Crippen molar-refractivity contribution < 1.29 is 0 Å². The van der Waals surface area contributed by atoms with Gasteiger partial charge in [0, 0.05) is 18.5 Å². The molecule has 0 saturated carbocycles. The summed E-state index contributed by atoms with van der Waals surface area (Å²) >= 11 is 5.30. The predicted octanol–water partition coefficient (Wildman–Crippen LogP) is 3.50. The number of aromatic amines is 1. The van der Waals surface area contributed by atoms with Gasteiger partial charge in [-0.3, -0.25) is 4.68 Å². The fourth-order valence-electron chi connectivity index (χ4n) is 2.19. The van der Waals surface area contributed by atoms with Crippen LogP contribution in [-0.4, -0.2) is 19.7 Å². The number of nitrogens with two attached hydrogens (primary N) is 1. The van der Waals surface area contributed by atoms with Gasteiger partial charge in [0.1, 0.15) is 0 Å². The van der Waals surface area contributed by atoms with Crippen molar-refractivity contribution in [2.24, 2.45) is 7.05 Å². The Morgan fingerprint density at radius 1 is 1.43 bits per heavy atom. The van der Waals surface area contributed by atoms with Crippen LogP contribution in [0.3, 0.4) is 0 Å². The minimum Gasteiger partial charge on any atom is -0.399 e. The number of fused-ring (bicyclic) bond motifs is 1. The zero-order valence-corrected chi connectivity index (χ0v) is 14.3. The highest BCUT2D eigenvalue weighted by Crippen LogP contribution is 2.29. The lowest BCUT2D eigenvalue weighted by Gasteiger charge is -2.00. The lowest BCUT2D eigenvalue weighted by molar-refractivity contribution is 0.719. The van der Waals surface area contributed by atoms with Crippen LogP contribution in [0.4, 0.5) is 5.69 Å². The van der Waals surface area contributed by atoms with Crippen molar-refractivity contribution in [1.82, 2.24) is 19.7 Å². The fourth-order valence-corrected chi connectivity index (χ4v) is 4.08. The maximum Gasteiger partial charge on any atom is 0.166 e. The Kier molecular flexibility index (Phi) is 3.95. The van der Waals surface area contributed by atoms with Crippen molar-refractivity contribution >= 4 is 44.4 Å². The molecule has 0 bridgehead atoms. The topological polar surface area (TPSA) is 72.5 Å². The molecule has 7 heteroatoms. The van der Waals surface area contributed by atoms with Crippen LogP contribution >= 0.6 is 27.7 Å². The number of halogens is 1. The first-order valence-corrected chi connectivity index (χ1v) is 8.44. The van der Waals surface area contributed by atoms with Crippen LogP contribution in [0.5, 0.6) is 0 Å². The lowest BCUT2D eigenvalue weighted by atomic mass is 10.3. The number of anilines is 1. The van der Waals surface area contributed by atoms with Gasteiger partial charge in [-0.25, -0.2) is 4.98 Å². The molecule has 110 valence electrons. The summed E-state index contributed by atoms with van der Waals surface area (Å²) in [6, 6.07) is 5.70. The largest absolute Gasteiger partial charge is 0.399 e. The van der Waals surface area contributed by atoms with E-state index in [0.717, 1.165) is 49.9 Å². The first-order chi connectivity index (χ1) is 10.1. The SMILES string of the molecule is CCc1nn(C)c(CSc2nc3ccc(N)cc3[nH]2)c1Br. The number of rotatable bonds is 4. The monoisotopic (exact) mass is 365 g/mol. The highest BCUT2D eigenvalue weighted by molar-refractivity contribution is 9.10. The minimum absolute atomic E-state index is 0.740. The summed E-state index contributed by atoms with van der Waals surface area (Å²) in [6.07, 6.45) is 0.920.